The molecule has 10 heteroatoms. The monoisotopic (exact) mass is 390 g/mol. The molecule has 0 spiro atoms. The third kappa shape index (κ3) is 4.09. The number of thiazole rings is 1. The van der Waals surface area contributed by atoms with Crippen molar-refractivity contribution < 1.29 is 19.4 Å². The molecule has 0 aliphatic heterocycles. The second kappa shape index (κ2) is 7.67. The maximum atomic E-state index is 12.1. The van der Waals surface area contributed by atoms with Crippen LogP contribution >= 0.6 is 23.1 Å². The van der Waals surface area contributed by atoms with Crippen LogP contribution in [0.2, 0.25) is 0 Å². The predicted octanol–water partition coefficient (Wildman–Crippen LogP) is 2.83. The summed E-state index contributed by atoms with van der Waals surface area (Å²) in [7, 11) is 1.58. The molecule has 1 aromatic carbocycles. The number of benzene rings is 1. The summed E-state index contributed by atoms with van der Waals surface area (Å²) in [6.07, 6.45) is 1.21. The van der Waals surface area contributed by atoms with E-state index >= 15 is 0 Å². The Balaban J connectivity index is 1.73. The van der Waals surface area contributed by atoms with Crippen LogP contribution in [0.5, 0.6) is 5.75 Å². The van der Waals surface area contributed by atoms with Crippen molar-refractivity contribution in [1.82, 2.24) is 15.0 Å². The molecule has 0 aliphatic carbocycles. The number of nitrogens with one attached hydrogen (secondary N) is 1. The van der Waals surface area contributed by atoms with Crippen LogP contribution in [0, 0.1) is 6.92 Å². The minimum absolute atomic E-state index is 0.0671. The number of carboxylic acid groups (broad SMARTS) is 1. The first-order valence-electron chi connectivity index (χ1n) is 7.40. The Morgan fingerprint density at radius 1 is 1.35 bits per heavy atom. The molecular weight excluding hydrogens is 376 g/mol. The van der Waals surface area contributed by atoms with Gasteiger partial charge in [-0.2, -0.15) is 0 Å². The first-order chi connectivity index (χ1) is 12.5. The molecule has 0 radical (unpaired) electrons. The number of hydrogen-bond acceptors (Lipinski definition) is 8. The van der Waals surface area contributed by atoms with Crippen LogP contribution in [0.25, 0.3) is 10.9 Å². The maximum Gasteiger partial charge on any atom is 0.347 e. The summed E-state index contributed by atoms with van der Waals surface area (Å²) < 4.78 is 5.23. The van der Waals surface area contributed by atoms with Gasteiger partial charge in [0.2, 0.25) is 5.91 Å². The molecule has 2 heterocycles. The van der Waals surface area contributed by atoms with Gasteiger partial charge in [-0.3, -0.25) is 4.79 Å². The number of fused-ring (bicyclic) bond motifs is 1. The van der Waals surface area contributed by atoms with Gasteiger partial charge in [-0.05, 0) is 25.1 Å². The van der Waals surface area contributed by atoms with E-state index in [2.05, 4.69) is 20.3 Å². The zero-order valence-corrected chi connectivity index (χ0v) is 15.5. The summed E-state index contributed by atoms with van der Waals surface area (Å²) >= 11 is 2.17. The molecule has 0 atom stereocenters. The van der Waals surface area contributed by atoms with E-state index in [1.54, 1.807) is 14.0 Å². The van der Waals surface area contributed by atoms with E-state index in [4.69, 9.17) is 9.84 Å². The smallest absolute Gasteiger partial charge is 0.347 e. The standard InChI is InChI=1S/C16H14N4O4S2/c1-8-18-11-4-3-9(24-2)5-10(11)14(19-8)25-7-13(21)20-16-17-6-12(26-16)15(22)23/h3-6H,7H2,1-2H3,(H,22,23)(H,17,20,21). The van der Waals surface area contributed by atoms with Crippen LogP contribution in [-0.2, 0) is 4.79 Å². The number of carbonyl (C=O) groups excluding carboxylic acids is 1. The van der Waals surface area contributed by atoms with Crippen molar-refractivity contribution in [2.45, 2.75) is 11.9 Å². The second-order valence-electron chi connectivity index (χ2n) is 5.13. The summed E-state index contributed by atoms with van der Waals surface area (Å²) in [5.74, 6) is 0.0183. The van der Waals surface area contributed by atoms with Gasteiger partial charge < -0.3 is 15.2 Å². The summed E-state index contributed by atoms with van der Waals surface area (Å²) in [5, 5.41) is 13.2. The molecule has 0 fully saturated rings. The molecule has 0 unspecified atom stereocenters. The molecular formula is C16H14N4O4S2. The Hall–Kier alpha value is -2.72. The molecule has 26 heavy (non-hydrogen) atoms. The van der Waals surface area contributed by atoms with E-state index in [0.29, 0.717) is 16.6 Å². The summed E-state index contributed by atoms with van der Waals surface area (Å²) in [4.78, 5) is 35.7. The number of aromatic nitrogens is 3. The average Bonchev–Trinajstić information content (AvgIpc) is 3.08. The van der Waals surface area contributed by atoms with Crippen molar-refractivity contribution in [3.8, 4) is 5.75 Å². The number of hydrogen-bond donors (Lipinski definition) is 2. The van der Waals surface area contributed by atoms with Gasteiger partial charge in [-0.25, -0.2) is 19.7 Å². The van der Waals surface area contributed by atoms with Crippen LogP contribution < -0.4 is 10.1 Å². The molecule has 1 amide bonds. The topological polar surface area (TPSA) is 114 Å². The number of carboxylic acids is 1. The molecule has 0 bridgehead atoms. The SMILES string of the molecule is COc1ccc2nc(C)nc(SCC(=O)Nc3ncc(C(=O)O)s3)c2c1. The van der Waals surface area contributed by atoms with E-state index in [0.717, 1.165) is 22.2 Å². The van der Waals surface area contributed by atoms with E-state index < -0.39 is 5.97 Å². The third-order valence-corrected chi connectivity index (χ3v) is 5.17. The Bertz CT molecular complexity index is 990. The van der Waals surface area contributed by atoms with Gasteiger partial charge in [0.05, 0.1) is 24.6 Å². The number of carbonyl (C=O) groups is 2. The van der Waals surface area contributed by atoms with Crippen molar-refractivity contribution in [1.29, 1.82) is 0 Å². The third-order valence-electron chi connectivity index (χ3n) is 3.28. The lowest BCUT2D eigenvalue weighted by Gasteiger charge is -2.08. The van der Waals surface area contributed by atoms with Crippen molar-refractivity contribution in [2.75, 3.05) is 18.2 Å². The fraction of sp³-hybridized carbons (Fsp3) is 0.188. The minimum atomic E-state index is -1.07. The molecule has 134 valence electrons. The van der Waals surface area contributed by atoms with Crippen molar-refractivity contribution in [3.05, 3.63) is 35.1 Å². The fourth-order valence-electron chi connectivity index (χ4n) is 2.15. The van der Waals surface area contributed by atoms with Gasteiger partial charge in [0.15, 0.2) is 5.13 Å². The molecule has 2 N–H and O–H groups in total. The van der Waals surface area contributed by atoms with Crippen molar-refractivity contribution >= 4 is 51.0 Å². The number of nitrogens with zero attached hydrogens (tertiary/aromatic N) is 3. The highest BCUT2D eigenvalue weighted by Crippen LogP contribution is 2.28. The molecule has 0 aliphatic rings. The van der Waals surface area contributed by atoms with Crippen LogP contribution in [0.3, 0.4) is 0 Å². The lowest BCUT2D eigenvalue weighted by atomic mass is 10.2. The number of methoxy groups -OCH3 is 1. The first kappa shape index (κ1) is 18.1. The molecule has 0 saturated carbocycles. The van der Waals surface area contributed by atoms with Gasteiger partial charge >= 0.3 is 5.97 Å². The Morgan fingerprint density at radius 3 is 2.85 bits per heavy atom. The highest BCUT2D eigenvalue weighted by atomic mass is 32.2. The van der Waals surface area contributed by atoms with E-state index in [1.807, 2.05) is 18.2 Å². The minimum Gasteiger partial charge on any atom is -0.497 e. The number of aryl methyl sites for hydroxylation is 1. The molecule has 2 aromatic heterocycles. The van der Waals surface area contributed by atoms with Gasteiger partial charge in [0.1, 0.15) is 21.5 Å². The summed E-state index contributed by atoms with van der Waals surface area (Å²) in [5.41, 5.74) is 0.771. The van der Waals surface area contributed by atoms with Crippen LogP contribution in [0.4, 0.5) is 5.13 Å². The Kier molecular flexibility index (Phi) is 5.33. The highest BCUT2D eigenvalue weighted by molar-refractivity contribution is 8.00. The first-order valence-corrected chi connectivity index (χ1v) is 9.20. The van der Waals surface area contributed by atoms with Crippen LogP contribution in [-0.4, -0.2) is 44.8 Å². The lowest BCUT2D eigenvalue weighted by Crippen LogP contribution is -2.14. The zero-order valence-electron chi connectivity index (χ0n) is 13.8. The number of amides is 1. The van der Waals surface area contributed by atoms with Crippen LogP contribution in [0.15, 0.2) is 29.4 Å². The van der Waals surface area contributed by atoms with E-state index in [9.17, 15) is 9.59 Å². The summed E-state index contributed by atoms with van der Waals surface area (Å²) in [6.45, 7) is 1.79. The fourth-order valence-corrected chi connectivity index (χ4v) is 3.67. The number of aromatic carboxylic acids is 1. The van der Waals surface area contributed by atoms with Gasteiger partial charge in [-0.1, -0.05) is 23.1 Å². The predicted molar refractivity (Wildman–Crippen MR) is 99.3 cm³/mol. The van der Waals surface area contributed by atoms with Gasteiger partial charge in [0, 0.05) is 5.39 Å². The van der Waals surface area contributed by atoms with Crippen LogP contribution in [0.1, 0.15) is 15.5 Å². The van der Waals surface area contributed by atoms with Gasteiger partial charge in [-0.15, -0.1) is 0 Å². The van der Waals surface area contributed by atoms with E-state index in [-0.39, 0.29) is 21.7 Å². The second-order valence-corrected chi connectivity index (χ2v) is 7.13. The molecule has 3 aromatic rings. The maximum absolute atomic E-state index is 12.1. The quantitative estimate of drug-likeness (QED) is 0.488. The number of thioether (sulfide) groups is 1. The average molecular weight is 390 g/mol. The number of anilines is 1. The van der Waals surface area contributed by atoms with Crippen molar-refractivity contribution in [3.63, 3.8) is 0 Å². The number of rotatable bonds is 6. The highest BCUT2D eigenvalue weighted by Gasteiger charge is 2.13. The zero-order chi connectivity index (χ0) is 18.7. The molecule has 3 rings (SSSR count). The molecule has 0 saturated heterocycles. The largest absolute Gasteiger partial charge is 0.497 e. The Labute approximate surface area is 156 Å². The van der Waals surface area contributed by atoms with Crippen molar-refractivity contribution in [2.24, 2.45) is 0 Å². The Morgan fingerprint density at radius 2 is 2.15 bits per heavy atom. The normalized spacial score (nSPS) is 10.7. The lowest BCUT2D eigenvalue weighted by molar-refractivity contribution is -0.113. The summed E-state index contributed by atoms with van der Waals surface area (Å²) in [6, 6.07) is 5.49. The van der Waals surface area contributed by atoms with Gasteiger partial charge in [0.25, 0.3) is 0 Å². The molecule has 8 nitrogen and oxygen atoms in total. The van der Waals surface area contributed by atoms with E-state index in [1.165, 1.54) is 18.0 Å². The number of ether oxygens (including phenoxy) is 1.